The van der Waals surface area contributed by atoms with Gasteiger partial charge in [0.15, 0.2) is 0 Å². The summed E-state index contributed by atoms with van der Waals surface area (Å²) in [6.07, 6.45) is 24.9. The number of thiol groups is 1. The van der Waals surface area contributed by atoms with Crippen LogP contribution in [0.1, 0.15) is 128 Å². The zero-order chi connectivity index (χ0) is 20.3. The van der Waals surface area contributed by atoms with Crippen LogP contribution in [-0.2, 0) is 12.8 Å². The number of hydrogen-bond donors (Lipinski definition) is 1. The van der Waals surface area contributed by atoms with Crippen LogP contribution in [0.2, 0.25) is 0 Å². The molecule has 0 aliphatic rings. The zero-order valence-electron chi connectivity index (χ0n) is 18.8. The molecular weight excluding hydrogens is 376 g/mol. The van der Waals surface area contributed by atoms with Crippen LogP contribution >= 0.6 is 22.5 Å². The van der Waals surface area contributed by atoms with Gasteiger partial charge < -0.3 is 0 Å². The Hall–Kier alpha value is -0.0800. The van der Waals surface area contributed by atoms with Crippen LogP contribution in [0, 0.1) is 0 Å². The van der Waals surface area contributed by atoms with E-state index in [1.54, 1.807) is 21.9 Å². The number of unbranched alkanes of at least 4 members (excludes halogenated alkanes) is 14. The van der Waals surface area contributed by atoms with Crippen molar-refractivity contribution in [2.24, 2.45) is 0 Å². The molecule has 1 aromatic carbocycles. The van der Waals surface area contributed by atoms with E-state index in [0.29, 0.717) is 0 Å². The number of benzene rings is 1. The smallest absolute Gasteiger partial charge is 0.0215 e. The van der Waals surface area contributed by atoms with E-state index in [2.05, 4.69) is 43.7 Å². The predicted molar refractivity (Wildman–Crippen MR) is 134 cm³/mol. The normalized spacial score (nSPS) is 11.2. The molecule has 28 heavy (non-hydrogen) atoms. The molecule has 0 atom stereocenters. The van der Waals surface area contributed by atoms with Gasteiger partial charge in [0, 0.05) is 4.90 Å². The Balaban J connectivity index is 2.29. The quantitative estimate of drug-likeness (QED) is 0.131. The van der Waals surface area contributed by atoms with Gasteiger partial charge >= 0.3 is 0 Å². The fourth-order valence-corrected chi connectivity index (χ4v) is 5.10. The Labute approximate surface area is 185 Å². The lowest BCUT2D eigenvalue weighted by Gasteiger charge is -2.13. The largest absolute Gasteiger partial charge is 0.106 e. The standard InChI is InChI=1S/C26H46S2/c1-3-5-7-9-11-13-15-17-20-24-21-19-23-26(28-27)25(24)22-18-16-14-12-10-8-6-4-2/h19,21,23,27H,3-18,20,22H2,1-2H3. The zero-order valence-corrected chi connectivity index (χ0v) is 20.5. The number of rotatable bonds is 19. The first-order valence-electron chi connectivity index (χ1n) is 12.3. The molecule has 0 heterocycles. The van der Waals surface area contributed by atoms with Crippen molar-refractivity contribution in [1.29, 1.82) is 0 Å². The summed E-state index contributed by atoms with van der Waals surface area (Å²) < 4.78 is 0. The van der Waals surface area contributed by atoms with Crippen LogP contribution in [0.15, 0.2) is 23.1 Å². The van der Waals surface area contributed by atoms with Crippen molar-refractivity contribution in [3.63, 3.8) is 0 Å². The van der Waals surface area contributed by atoms with E-state index >= 15 is 0 Å². The summed E-state index contributed by atoms with van der Waals surface area (Å²) in [5, 5.41) is 0. The highest BCUT2D eigenvalue weighted by atomic mass is 33.1. The van der Waals surface area contributed by atoms with Crippen LogP contribution in [0.5, 0.6) is 0 Å². The molecule has 0 bridgehead atoms. The SMILES string of the molecule is CCCCCCCCCCc1cccc(SS)c1CCCCCCCCCC. The van der Waals surface area contributed by atoms with Crippen molar-refractivity contribution >= 4 is 22.5 Å². The Bertz CT molecular complexity index is 470. The molecule has 162 valence electrons. The Kier molecular flexibility index (Phi) is 17.5. The van der Waals surface area contributed by atoms with Gasteiger partial charge in [0.2, 0.25) is 0 Å². The Morgan fingerprint density at radius 1 is 0.607 bits per heavy atom. The molecule has 0 saturated heterocycles. The summed E-state index contributed by atoms with van der Waals surface area (Å²) >= 11 is 4.52. The maximum absolute atomic E-state index is 4.52. The summed E-state index contributed by atoms with van der Waals surface area (Å²) in [4.78, 5) is 1.39. The molecule has 0 aliphatic heterocycles. The average molecular weight is 423 g/mol. The minimum Gasteiger partial charge on any atom is -0.106 e. The fraction of sp³-hybridized carbons (Fsp3) is 0.769. The minimum absolute atomic E-state index is 1.24. The van der Waals surface area contributed by atoms with Gasteiger partial charge in [-0.15, -0.1) is 11.7 Å². The predicted octanol–water partition coefficient (Wildman–Crippen LogP) is 9.99. The van der Waals surface area contributed by atoms with Gasteiger partial charge in [0.25, 0.3) is 0 Å². The maximum atomic E-state index is 4.52. The molecule has 1 aromatic rings. The van der Waals surface area contributed by atoms with Crippen molar-refractivity contribution in [1.82, 2.24) is 0 Å². The molecule has 1 rings (SSSR count). The third-order valence-electron chi connectivity index (χ3n) is 5.91. The van der Waals surface area contributed by atoms with Crippen LogP contribution in [0.3, 0.4) is 0 Å². The second kappa shape index (κ2) is 18.9. The molecule has 0 saturated carbocycles. The van der Waals surface area contributed by atoms with E-state index in [0.717, 1.165) is 0 Å². The van der Waals surface area contributed by atoms with Gasteiger partial charge in [-0.05, 0) is 42.9 Å². The van der Waals surface area contributed by atoms with Crippen molar-refractivity contribution in [2.45, 2.75) is 134 Å². The summed E-state index contributed by atoms with van der Waals surface area (Å²) in [6.45, 7) is 4.59. The molecule has 0 amide bonds. The van der Waals surface area contributed by atoms with Gasteiger partial charge in [-0.3, -0.25) is 0 Å². The van der Waals surface area contributed by atoms with Gasteiger partial charge in [0.05, 0.1) is 0 Å². The monoisotopic (exact) mass is 422 g/mol. The van der Waals surface area contributed by atoms with E-state index in [1.807, 2.05) is 0 Å². The first kappa shape index (κ1) is 26.0. The second-order valence-corrected chi connectivity index (χ2v) is 9.60. The van der Waals surface area contributed by atoms with E-state index in [4.69, 9.17) is 0 Å². The van der Waals surface area contributed by atoms with E-state index < -0.39 is 0 Å². The molecule has 0 fully saturated rings. The summed E-state index contributed by atoms with van der Waals surface area (Å²) in [5.41, 5.74) is 3.18. The molecule has 0 aliphatic carbocycles. The first-order chi connectivity index (χ1) is 13.8. The van der Waals surface area contributed by atoms with Crippen molar-refractivity contribution in [3.05, 3.63) is 29.3 Å². The van der Waals surface area contributed by atoms with Crippen molar-refractivity contribution in [3.8, 4) is 0 Å². The van der Waals surface area contributed by atoms with E-state index in [9.17, 15) is 0 Å². The lowest BCUT2D eigenvalue weighted by atomic mass is 9.96. The van der Waals surface area contributed by atoms with Crippen molar-refractivity contribution < 1.29 is 0 Å². The Morgan fingerprint density at radius 2 is 1.07 bits per heavy atom. The fourth-order valence-electron chi connectivity index (χ4n) is 4.10. The highest BCUT2D eigenvalue weighted by Gasteiger charge is 2.08. The Morgan fingerprint density at radius 3 is 1.57 bits per heavy atom. The van der Waals surface area contributed by atoms with Crippen LogP contribution in [0.4, 0.5) is 0 Å². The van der Waals surface area contributed by atoms with Crippen LogP contribution in [-0.4, -0.2) is 0 Å². The van der Waals surface area contributed by atoms with Gasteiger partial charge in [0.1, 0.15) is 0 Å². The summed E-state index contributed by atoms with van der Waals surface area (Å²) in [7, 11) is 1.64. The minimum atomic E-state index is 1.24. The third-order valence-corrected chi connectivity index (χ3v) is 7.08. The highest BCUT2D eigenvalue weighted by molar-refractivity contribution is 8.68. The molecule has 2 heteroatoms. The number of hydrogen-bond acceptors (Lipinski definition) is 2. The molecule has 0 nitrogen and oxygen atoms in total. The highest BCUT2D eigenvalue weighted by Crippen LogP contribution is 2.30. The van der Waals surface area contributed by atoms with Crippen molar-refractivity contribution in [2.75, 3.05) is 0 Å². The second-order valence-electron chi connectivity index (χ2n) is 8.43. The molecule has 0 N–H and O–H groups in total. The molecule has 0 aromatic heterocycles. The van der Waals surface area contributed by atoms with Crippen LogP contribution in [0.25, 0.3) is 0 Å². The third kappa shape index (κ3) is 12.5. The average Bonchev–Trinajstić information content (AvgIpc) is 2.72. The summed E-state index contributed by atoms with van der Waals surface area (Å²) in [5.74, 6) is 0. The van der Waals surface area contributed by atoms with Gasteiger partial charge in [-0.25, -0.2) is 0 Å². The molecule has 0 unspecified atom stereocenters. The van der Waals surface area contributed by atoms with E-state index in [1.165, 1.54) is 120 Å². The molecule has 0 radical (unpaired) electrons. The maximum Gasteiger partial charge on any atom is 0.0215 e. The topological polar surface area (TPSA) is 0 Å². The molecular formula is C26H46S2. The van der Waals surface area contributed by atoms with Crippen LogP contribution < -0.4 is 0 Å². The lowest BCUT2D eigenvalue weighted by Crippen LogP contribution is -1.98. The summed E-state index contributed by atoms with van der Waals surface area (Å²) in [6, 6.07) is 6.86. The number of aryl methyl sites for hydroxylation is 1. The lowest BCUT2D eigenvalue weighted by molar-refractivity contribution is 0.569. The molecule has 0 spiro atoms. The van der Waals surface area contributed by atoms with E-state index in [-0.39, 0.29) is 0 Å². The van der Waals surface area contributed by atoms with Gasteiger partial charge in [-0.2, -0.15) is 0 Å². The van der Waals surface area contributed by atoms with Gasteiger partial charge in [-0.1, -0.05) is 127 Å². The first-order valence-corrected chi connectivity index (χ1v) is 14.1.